The molecule has 1 amide bonds. The Morgan fingerprint density at radius 2 is 1.68 bits per heavy atom. The number of Topliss-reactive ketones (excluding diaryl/α,β-unsaturated/α-hetero) is 1. The summed E-state index contributed by atoms with van der Waals surface area (Å²) in [6, 6.07) is 6.54. The lowest BCUT2D eigenvalue weighted by Crippen LogP contribution is -2.40. The number of nitrogens with one attached hydrogen (secondary N) is 1. The Balaban J connectivity index is 1.46. The lowest BCUT2D eigenvalue weighted by atomic mass is 9.67. The zero-order chi connectivity index (χ0) is 19.7. The number of sulfonamides is 1. The molecule has 2 saturated carbocycles. The molecule has 2 aliphatic carbocycles. The fourth-order valence-corrected chi connectivity index (χ4v) is 6.49. The van der Waals surface area contributed by atoms with Gasteiger partial charge in [0.2, 0.25) is 15.9 Å². The third kappa shape index (κ3) is 3.87. The van der Waals surface area contributed by atoms with Gasteiger partial charge in [0.15, 0.2) is 0 Å². The normalized spacial score (nSPS) is 28.7. The number of carbonyl (C=O) groups excluding carboxylic acids is 2. The summed E-state index contributed by atoms with van der Waals surface area (Å²) in [6.07, 6.45) is 6.93. The number of benzene rings is 1. The molecule has 1 unspecified atom stereocenters. The number of fused-ring (bicyclic) bond motifs is 2. The number of carbonyl (C=O) groups is 2. The molecule has 6 nitrogen and oxygen atoms in total. The molecule has 1 aliphatic heterocycles. The highest BCUT2D eigenvalue weighted by molar-refractivity contribution is 7.89. The standard InChI is InChI=1S/C21H28N2O4S/c24-20-15-6-4-7-16(20)13-17(12-15)21(25)22-18-8-5-9-19(14-18)28(26,27)23-10-2-1-3-11-23/h5,8-9,14-17H,1-4,6-7,10-13H2,(H,22,25)/t15-,16+,17?. The van der Waals surface area contributed by atoms with Crippen LogP contribution in [0.3, 0.4) is 0 Å². The van der Waals surface area contributed by atoms with E-state index in [1.54, 1.807) is 24.3 Å². The molecule has 0 aromatic heterocycles. The van der Waals surface area contributed by atoms with Crippen molar-refractivity contribution in [3.8, 4) is 0 Å². The van der Waals surface area contributed by atoms with Crippen molar-refractivity contribution in [1.29, 1.82) is 0 Å². The molecule has 152 valence electrons. The summed E-state index contributed by atoms with van der Waals surface area (Å²) < 4.78 is 27.3. The Kier molecular flexibility index (Phi) is 5.56. The van der Waals surface area contributed by atoms with Crippen molar-refractivity contribution >= 4 is 27.4 Å². The average molecular weight is 405 g/mol. The van der Waals surface area contributed by atoms with Gasteiger partial charge >= 0.3 is 0 Å². The molecular weight excluding hydrogens is 376 g/mol. The van der Waals surface area contributed by atoms with E-state index < -0.39 is 10.0 Å². The predicted molar refractivity (Wildman–Crippen MR) is 106 cm³/mol. The van der Waals surface area contributed by atoms with E-state index in [1.807, 2.05) is 0 Å². The highest BCUT2D eigenvalue weighted by Gasteiger charge is 2.41. The summed E-state index contributed by atoms with van der Waals surface area (Å²) in [4.78, 5) is 25.2. The average Bonchev–Trinajstić information content (AvgIpc) is 2.68. The van der Waals surface area contributed by atoms with Crippen molar-refractivity contribution in [2.75, 3.05) is 18.4 Å². The first-order valence-corrected chi connectivity index (χ1v) is 11.8. The highest BCUT2D eigenvalue weighted by atomic mass is 32.2. The molecule has 1 N–H and O–H groups in total. The largest absolute Gasteiger partial charge is 0.326 e. The third-order valence-corrected chi connectivity index (χ3v) is 8.37. The lowest BCUT2D eigenvalue weighted by Gasteiger charge is -2.36. The van der Waals surface area contributed by atoms with Crippen LogP contribution in [-0.2, 0) is 19.6 Å². The number of hydrogen-bond donors (Lipinski definition) is 1. The fourth-order valence-electron chi connectivity index (χ4n) is 4.93. The van der Waals surface area contributed by atoms with Crippen molar-refractivity contribution in [1.82, 2.24) is 4.31 Å². The van der Waals surface area contributed by atoms with Gasteiger partial charge in [-0.1, -0.05) is 18.9 Å². The zero-order valence-electron chi connectivity index (χ0n) is 16.1. The first-order valence-electron chi connectivity index (χ1n) is 10.4. The van der Waals surface area contributed by atoms with Gasteiger partial charge in [0.1, 0.15) is 5.78 Å². The summed E-state index contributed by atoms with van der Waals surface area (Å²) in [5, 5.41) is 2.90. The molecule has 1 aromatic rings. The van der Waals surface area contributed by atoms with Gasteiger partial charge in [0, 0.05) is 36.5 Å². The smallest absolute Gasteiger partial charge is 0.243 e. The Morgan fingerprint density at radius 1 is 1.00 bits per heavy atom. The minimum Gasteiger partial charge on any atom is -0.326 e. The maximum Gasteiger partial charge on any atom is 0.243 e. The predicted octanol–water partition coefficient (Wildman–Crippen LogP) is 3.20. The Labute approximate surface area is 166 Å². The van der Waals surface area contributed by atoms with E-state index in [4.69, 9.17) is 0 Å². The summed E-state index contributed by atoms with van der Waals surface area (Å²) in [7, 11) is -3.53. The molecule has 1 heterocycles. The summed E-state index contributed by atoms with van der Waals surface area (Å²) in [5.41, 5.74) is 0.505. The Bertz CT molecular complexity index is 845. The van der Waals surface area contributed by atoms with E-state index in [0.29, 0.717) is 37.4 Å². The molecular formula is C21H28N2O4S. The number of nitrogens with zero attached hydrogens (tertiary/aromatic N) is 1. The molecule has 0 radical (unpaired) electrons. The number of ketones is 1. The first-order chi connectivity index (χ1) is 13.4. The van der Waals surface area contributed by atoms with E-state index in [-0.39, 0.29) is 28.6 Å². The van der Waals surface area contributed by atoms with Crippen LogP contribution in [0.2, 0.25) is 0 Å². The van der Waals surface area contributed by atoms with Crippen LogP contribution in [0.15, 0.2) is 29.2 Å². The van der Waals surface area contributed by atoms with Crippen LogP contribution in [0.25, 0.3) is 0 Å². The maximum atomic E-state index is 12.9. The Hall–Kier alpha value is -1.73. The second kappa shape index (κ2) is 7.95. The van der Waals surface area contributed by atoms with Gasteiger partial charge in [-0.05, 0) is 56.7 Å². The number of anilines is 1. The van der Waals surface area contributed by atoms with Gasteiger partial charge in [-0.2, -0.15) is 4.31 Å². The maximum absolute atomic E-state index is 12.9. The topological polar surface area (TPSA) is 83.6 Å². The first kappa shape index (κ1) is 19.6. The van der Waals surface area contributed by atoms with Gasteiger partial charge in [-0.3, -0.25) is 9.59 Å². The van der Waals surface area contributed by atoms with E-state index in [9.17, 15) is 18.0 Å². The molecule has 28 heavy (non-hydrogen) atoms. The second-order valence-electron chi connectivity index (χ2n) is 8.38. The van der Waals surface area contributed by atoms with Crippen molar-refractivity contribution in [3.63, 3.8) is 0 Å². The quantitative estimate of drug-likeness (QED) is 0.835. The summed E-state index contributed by atoms with van der Waals surface area (Å²) in [6.45, 7) is 1.11. The molecule has 1 aromatic carbocycles. The number of amides is 1. The molecule has 4 rings (SSSR count). The Morgan fingerprint density at radius 3 is 2.36 bits per heavy atom. The van der Waals surface area contributed by atoms with Crippen molar-refractivity contribution in [3.05, 3.63) is 24.3 Å². The van der Waals surface area contributed by atoms with Crippen molar-refractivity contribution in [2.45, 2.75) is 56.3 Å². The van der Waals surface area contributed by atoms with Gasteiger partial charge in [-0.15, -0.1) is 0 Å². The van der Waals surface area contributed by atoms with Crippen molar-refractivity contribution < 1.29 is 18.0 Å². The fraction of sp³-hybridized carbons (Fsp3) is 0.619. The van der Waals surface area contributed by atoms with Crippen LogP contribution in [0.4, 0.5) is 5.69 Å². The van der Waals surface area contributed by atoms with E-state index >= 15 is 0 Å². The SMILES string of the molecule is O=C(Nc1cccc(S(=O)(=O)N2CCCCC2)c1)C1C[C@H]2CCC[C@@H](C1)C2=O. The molecule has 2 bridgehead atoms. The number of hydrogen-bond acceptors (Lipinski definition) is 4. The minimum absolute atomic E-state index is 0.0223. The molecule has 3 atom stereocenters. The number of rotatable bonds is 4. The highest BCUT2D eigenvalue weighted by Crippen LogP contribution is 2.40. The van der Waals surface area contributed by atoms with Gasteiger partial charge in [0.25, 0.3) is 0 Å². The van der Waals surface area contributed by atoms with Crippen LogP contribution in [0.5, 0.6) is 0 Å². The van der Waals surface area contributed by atoms with E-state index in [1.165, 1.54) is 4.31 Å². The third-order valence-electron chi connectivity index (χ3n) is 6.47. The molecule has 7 heteroatoms. The second-order valence-corrected chi connectivity index (χ2v) is 10.3. The molecule has 3 fully saturated rings. The van der Waals surface area contributed by atoms with E-state index in [0.717, 1.165) is 38.5 Å². The molecule has 0 spiro atoms. The minimum atomic E-state index is -3.53. The number of piperidine rings is 1. The van der Waals surface area contributed by atoms with Gasteiger partial charge in [0.05, 0.1) is 4.90 Å². The molecule has 3 aliphatic rings. The van der Waals surface area contributed by atoms with Gasteiger partial charge < -0.3 is 5.32 Å². The lowest BCUT2D eigenvalue weighted by molar-refractivity contribution is -0.136. The van der Waals surface area contributed by atoms with Crippen LogP contribution >= 0.6 is 0 Å². The summed E-state index contributed by atoms with van der Waals surface area (Å²) in [5.74, 6) is 0.111. The van der Waals surface area contributed by atoms with Crippen molar-refractivity contribution in [2.24, 2.45) is 17.8 Å². The monoisotopic (exact) mass is 404 g/mol. The van der Waals surface area contributed by atoms with Crippen LogP contribution in [0, 0.1) is 17.8 Å². The van der Waals surface area contributed by atoms with Gasteiger partial charge in [-0.25, -0.2) is 8.42 Å². The van der Waals surface area contributed by atoms with Crippen LogP contribution in [0.1, 0.15) is 51.4 Å². The summed E-state index contributed by atoms with van der Waals surface area (Å²) >= 11 is 0. The molecule has 1 saturated heterocycles. The van der Waals surface area contributed by atoms with E-state index in [2.05, 4.69) is 5.32 Å². The zero-order valence-corrected chi connectivity index (χ0v) is 16.9. The van der Waals surface area contributed by atoms with Crippen LogP contribution < -0.4 is 5.32 Å². The van der Waals surface area contributed by atoms with Crippen LogP contribution in [-0.4, -0.2) is 37.5 Å².